The third-order valence-corrected chi connectivity index (χ3v) is 6.65. The Morgan fingerprint density at radius 2 is 2.07 bits per heavy atom. The Morgan fingerprint density at radius 1 is 1.23 bits per heavy atom. The van der Waals surface area contributed by atoms with E-state index in [0.717, 1.165) is 78.0 Å². The van der Waals surface area contributed by atoms with E-state index < -0.39 is 0 Å². The predicted molar refractivity (Wildman–Crippen MR) is 118 cm³/mol. The van der Waals surface area contributed by atoms with E-state index in [-0.39, 0.29) is 11.3 Å². The molecule has 2 aliphatic heterocycles. The number of rotatable bonds is 4. The van der Waals surface area contributed by atoms with Gasteiger partial charge in [0.05, 0.1) is 22.7 Å². The number of hydrogen-bond donors (Lipinski definition) is 4. The van der Waals surface area contributed by atoms with Gasteiger partial charge in [-0.3, -0.25) is 9.89 Å². The molecule has 1 spiro atoms. The van der Waals surface area contributed by atoms with Crippen LogP contribution in [-0.2, 0) is 4.79 Å². The van der Waals surface area contributed by atoms with Gasteiger partial charge in [0.25, 0.3) is 0 Å². The van der Waals surface area contributed by atoms with Crippen molar-refractivity contribution in [2.45, 2.75) is 19.3 Å². The second-order valence-corrected chi connectivity index (χ2v) is 8.12. The van der Waals surface area contributed by atoms with Crippen LogP contribution in [0.25, 0.3) is 22.2 Å². The molecule has 8 heteroatoms. The van der Waals surface area contributed by atoms with Crippen LogP contribution in [0.2, 0.25) is 0 Å². The molecule has 0 saturated carbocycles. The number of amides is 1. The molecule has 1 aromatic carbocycles. The molecule has 1 amide bonds. The molecule has 8 nitrogen and oxygen atoms in total. The molecule has 0 bridgehead atoms. The SMILES string of the molecule is CNc1ccc(-c2cnc3[nH]ncc3c2N2CCC3(CCNC3=O)CC2)cc1C=N. The maximum atomic E-state index is 12.4. The quantitative estimate of drug-likeness (QED) is 0.501. The summed E-state index contributed by atoms with van der Waals surface area (Å²) in [6, 6.07) is 6.06. The third kappa shape index (κ3) is 2.82. The number of aromatic nitrogens is 3. The Labute approximate surface area is 174 Å². The Bertz CT molecular complexity index is 1130. The molecule has 2 saturated heterocycles. The first-order valence-electron chi connectivity index (χ1n) is 10.3. The summed E-state index contributed by atoms with van der Waals surface area (Å²) >= 11 is 0. The zero-order valence-corrected chi connectivity index (χ0v) is 17.0. The van der Waals surface area contributed by atoms with Crippen molar-refractivity contribution < 1.29 is 4.79 Å². The average Bonchev–Trinajstić information content (AvgIpc) is 3.40. The lowest BCUT2D eigenvalue weighted by Crippen LogP contribution is -2.44. The third-order valence-electron chi connectivity index (χ3n) is 6.65. The standard InChI is InChI=1S/C22H25N7O/c1-24-18-3-2-14(10-15(18)11-23)16-12-26-20-17(13-27-28-20)19(16)29-8-5-22(6-9-29)4-7-25-21(22)30/h2-3,10-13,23-24H,4-9H2,1H3,(H,25,30)(H,26,27,28). The van der Waals surface area contributed by atoms with Crippen LogP contribution in [0, 0.1) is 10.8 Å². The van der Waals surface area contributed by atoms with Crippen molar-refractivity contribution in [2.75, 3.05) is 36.9 Å². The minimum atomic E-state index is -0.207. The number of fused-ring (bicyclic) bond motifs is 1. The number of piperidine rings is 1. The average molecular weight is 403 g/mol. The zero-order chi connectivity index (χ0) is 20.7. The zero-order valence-electron chi connectivity index (χ0n) is 17.0. The number of carbonyl (C=O) groups excluding carboxylic acids is 1. The summed E-state index contributed by atoms with van der Waals surface area (Å²) in [5, 5.41) is 22.1. The van der Waals surface area contributed by atoms with Crippen molar-refractivity contribution in [3.63, 3.8) is 0 Å². The number of aromatic amines is 1. The number of anilines is 2. The lowest BCUT2D eigenvalue weighted by Gasteiger charge is -2.39. The Balaban J connectivity index is 1.57. The Hall–Kier alpha value is -3.42. The number of nitrogens with one attached hydrogen (secondary N) is 4. The summed E-state index contributed by atoms with van der Waals surface area (Å²) in [6.45, 7) is 2.42. The molecule has 0 unspecified atom stereocenters. The first-order valence-corrected chi connectivity index (χ1v) is 10.3. The molecule has 3 aromatic rings. The van der Waals surface area contributed by atoms with E-state index in [1.807, 2.05) is 31.6 Å². The summed E-state index contributed by atoms with van der Waals surface area (Å²) < 4.78 is 0. The lowest BCUT2D eigenvalue weighted by atomic mass is 9.77. The second kappa shape index (κ2) is 7.12. The maximum Gasteiger partial charge on any atom is 0.226 e. The summed E-state index contributed by atoms with van der Waals surface area (Å²) in [4.78, 5) is 19.3. The van der Waals surface area contributed by atoms with Crippen molar-refractivity contribution in [1.29, 1.82) is 5.41 Å². The van der Waals surface area contributed by atoms with Gasteiger partial charge in [0, 0.05) is 55.9 Å². The number of H-pyrrole nitrogens is 1. The monoisotopic (exact) mass is 403 g/mol. The van der Waals surface area contributed by atoms with Crippen molar-refractivity contribution in [2.24, 2.45) is 5.41 Å². The summed E-state index contributed by atoms with van der Waals surface area (Å²) in [5.41, 5.74) is 5.41. The molecule has 30 heavy (non-hydrogen) atoms. The van der Waals surface area contributed by atoms with Crippen molar-refractivity contribution in [1.82, 2.24) is 20.5 Å². The highest BCUT2D eigenvalue weighted by atomic mass is 16.2. The number of benzene rings is 1. The van der Waals surface area contributed by atoms with Gasteiger partial charge in [-0.25, -0.2) is 4.98 Å². The molecular weight excluding hydrogens is 378 g/mol. The summed E-state index contributed by atoms with van der Waals surface area (Å²) in [5.74, 6) is 0.212. The first kappa shape index (κ1) is 18.6. The molecule has 2 aromatic heterocycles. The van der Waals surface area contributed by atoms with Gasteiger partial charge in [-0.1, -0.05) is 6.07 Å². The smallest absolute Gasteiger partial charge is 0.226 e. The molecule has 0 radical (unpaired) electrons. The lowest BCUT2D eigenvalue weighted by molar-refractivity contribution is -0.128. The minimum Gasteiger partial charge on any atom is -0.388 e. The van der Waals surface area contributed by atoms with Crippen molar-refractivity contribution >= 4 is 34.5 Å². The number of hydrogen-bond acceptors (Lipinski definition) is 6. The molecule has 4 heterocycles. The van der Waals surface area contributed by atoms with Gasteiger partial charge in [0.15, 0.2) is 5.65 Å². The molecule has 0 aliphatic carbocycles. The predicted octanol–water partition coefficient (Wildman–Crippen LogP) is 2.77. The molecule has 0 atom stereocenters. The number of pyridine rings is 1. The highest BCUT2D eigenvalue weighted by molar-refractivity contribution is 5.99. The minimum absolute atomic E-state index is 0.207. The van der Waals surface area contributed by atoms with Gasteiger partial charge in [-0.15, -0.1) is 0 Å². The van der Waals surface area contributed by atoms with Gasteiger partial charge in [0.2, 0.25) is 5.91 Å². The van der Waals surface area contributed by atoms with E-state index in [0.29, 0.717) is 0 Å². The van der Waals surface area contributed by atoms with Crippen LogP contribution >= 0.6 is 0 Å². The van der Waals surface area contributed by atoms with Crippen LogP contribution in [0.15, 0.2) is 30.6 Å². The fraction of sp³-hybridized carbons (Fsp3) is 0.364. The molecule has 4 N–H and O–H groups in total. The van der Waals surface area contributed by atoms with Gasteiger partial charge in [0.1, 0.15) is 0 Å². The van der Waals surface area contributed by atoms with E-state index >= 15 is 0 Å². The molecule has 2 aliphatic rings. The fourth-order valence-corrected chi connectivity index (χ4v) is 4.87. The van der Waals surface area contributed by atoms with Crippen LogP contribution in [0.5, 0.6) is 0 Å². The molecular formula is C22H25N7O. The van der Waals surface area contributed by atoms with Crippen LogP contribution in [0.3, 0.4) is 0 Å². The molecule has 154 valence electrons. The topological polar surface area (TPSA) is 110 Å². The van der Waals surface area contributed by atoms with E-state index in [1.54, 1.807) is 0 Å². The van der Waals surface area contributed by atoms with E-state index in [9.17, 15) is 4.79 Å². The normalized spacial score (nSPS) is 18.0. The van der Waals surface area contributed by atoms with Crippen molar-refractivity contribution in [3.05, 3.63) is 36.2 Å². The summed E-state index contributed by atoms with van der Waals surface area (Å²) in [7, 11) is 1.86. The van der Waals surface area contributed by atoms with Gasteiger partial charge >= 0.3 is 0 Å². The molecule has 2 fully saturated rings. The second-order valence-electron chi connectivity index (χ2n) is 8.12. The number of nitrogens with zero attached hydrogens (tertiary/aromatic N) is 3. The maximum absolute atomic E-state index is 12.4. The van der Waals surface area contributed by atoms with Crippen LogP contribution in [0.4, 0.5) is 11.4 Å². The van der Waals surface area contributed by atoms with Gasteiger partial charge < -0.3 is 20.9 Å². The van der Waals surface area contributed by atoms with E-state index in [4.69, 9.17) is 5.41 Å². The fourth-order valence-electron chi connectivity index (χ4n) is 4.87. The number of carbonyl (C=O) groups is 1. The summed E-state index contributed by atoms with van der Waals surface area (Å²) in [6.07, 6.45) is 7.70. The molecule has 5 rings (SSSR count). The van der Waals surface area contributed by atoms with E-state index in [1.165, 1.54) is 6.21 Å². The highest BCUT2D eigenvalue weighted by Crippen LogP contribution is 2.43. The van der Waals surface area contributed by atoms with Gasteiger partial charge in [-0.05, 0) is 37.0 Å². The Morgan fingerprint density at radius 3 is 2.77 bits per heavy atom. The Kier molecular flexibility index (Phi) is 4.42. The van der Waals surface area contributed by atoms with Crippen LogP contribution in [-0.4, -0.2) is 54.0 Å². The van der Waals surface area contributed by atoms with E-state index in [2.05, 4.69) is 36.8 Å². The van der Waals surface area contributed by atoms with Crippen LogP contribution < -0.4 is 15.5 Å². The van der Waals surface area contributed by atoms with Gasteiger partial charge in [-0.2, -0.15) is 5.10 Å². The van der Waals surface area contributed by atoms with Crippen molar-refractivity contribution in [3.8, 4) is 11.1 Å². The first-order chi connectivity index (χ1) is 14.6. The highest BCUT2D eigenvalue weighted by Gasteiger charge is 2.44. The largest absolute Gasteiger partial charge is 0.388 e. The van der Waals surface area contributed by atoms with Crippen LogP contribution in [0.1, 0.15) is 24.8 Å².